The Bertz CT molecular complexity index is 313. The van der Waals surface area contributed by atoms with E-state index in [1.165, 1.54) is 0 Å². The number of amides is 1. The Morgan fingerprint density at radius 1 is 1.56 bits per heavy atom. The van der Waals surface area contributed by atoms with Gasteiger partial charge in [-0.15, -0.1) is 6.58 Å². The van der Waals surface area contributed by atoms with Crippen LogP contribution >= 0.6 is 0 Å². The Labute approximate surface area is 108 Å². The number of hydrogen-bond acceptors (Lipinski definition) is 4. The van der Waals surface area contributed by atoms with Crippen molar-refractivity contribution in [2.45, 2.75) is 38.8 Å². The Morgan fingerprint density at radius 3 is 2.72 bits per heavy atom. The zero-order chi connectivity index (χ0) is 13.5. The third-order valence-electron chi connectivity index (χ3n) is 2.93. The number of hydrogen-bond donors (Lipinski definition) is 1. The van der Waals surface area contributed by atoms with Crippen molar-refractivity contribution >= 4 is 11.9 Å². The van der Waals surface area contributed by atoms with E-state index in [9.17, 15) is 9.59 Å². The van der Waals surface area contributed by atoms with Crippen LogP contribution in [0.25, 0.3) is 0 Å². The fourth-order valence-corrected chi connectivity index (χ4v) is 1.82. The van der Waals surface area contributed by atoms with Crippen molar-refractivity contribution in [2.24, 2.45) is 0 Å². The Hall–Kier alpha value is -1.36. The van der Waals surface area contributed by atoms with E-state index in [-0.39, 0.29) is 24.5 Å². The molecular weight excluding hydrogens is 232 g/mol. The minimum Gasteiger partial charge on any atom is -0.465 e. The first kappa shape index (κ1) is 14.7. The first-order valence-corrected chi connectivity index (χ1v) is 6.40. The Morgan fingerprint density at radius 2 is 2.22 bits per heavy atom. The molecule has 1 rings (SSSR count). The number of ether oxygens (including phenoxy) is 1. The van der Waals surface area contributed by atoms with Crippen LogP contribution in [0.3, 0.4) is 0 Å². The molecule has 1 aliphatic rings. The highest BCUT2D eigenvalue weighted by atomic mass is 16.5. The van der Waals surface area contributed by atoms with E-state index in [0.717, 1.165) is 12.8 Å². The molecule has 0 radical (unpaired) electrons. The lowest BCUT2D eigenvalue weighted by molar-refractivity contribution is -0.145. The number of esters is 1. The summed E-state index contributed by atoms with van der Waals surface area (Å²) in [6, 6.07) is 0.0146. The average molecular weight is 254 g/mol. The second kappa shape index (κ2) is 7.16. The van der Waals surface area contributed by atoms with Crippen LogP contribution in [-0.4, -0.2) is 48.6 Å². The molecule has 5 heteroatoms. The van der Waals surface area contributed by atoms with Crippen LogP contribution in [-0.2, 0) is 14.3 Å². The standard InChI is InChI=1S/C13H22N2O3/c1-4-8-14-13(17)10(3)15(11-6-7-11)9-12(16)18-5-2/h4,10-11H,1,5-9H2,2-3H3,(H,14,17). The van der Waals surface area contributed by atoms with Gasteiger partial charge in [0.2, 0.25) is 5.91 Å². The molecule has 0 aromatic rings. The molecule has 1 N–H and O–H groups in total. The van der Waals surface area contributed by atoms with Crippen molar-refractivity contribution in [3.8, 4) is 0 Å². The number of rotatable bonds is 8. The summed E-state index contributed by atoms with van der Waals surface area (Å²) in [6.07, 6.45) is 3.72. The molecule has 5 nitrogen and oxygen atoms in total. The van der Waals surface area contributed by atoms with Crippen molar-refractivity contribution in [3.05, 3.63) is 12.7 Å². The Kier molecular flexibility index (Phi) is 5.85. The molecule has 18 heavy (non-hydrogen) atoms. The molecule has 0 heterocycles. The van der Waals surface area contributed by atoms with Crippen molar-refractivity contribution in [2.75, 3.05) is 19.7 Å². The van der Waals surface area contributed by atoms with Gasteiger partial charge in [-0.2, -0.15) is 0 Å². The number of nitrogens with zero attached hydrogens (tertiary/aromatic N) is 1. The van der Waals surface area contributed by atoms with Crippen LogP contribution in [0.1, 0.15) is 26.7 Å². The Balaban J connectivity index is 2.52. The number of carbonyl (C=O) groups is 2. The molecule has 1 aliphatic carbocycles. The van der Waals surface area contributed by atoms with Gasteiger partial charge in [-0.1, -0.05) is 6.08 Å². The maximum atomic E-state index is 11.9. The lowest BCUT2D eigenvalue weighted by Crippen LogP contribution is -2.48. The number of nitrogens with one attached hydrogen (secondary N) is 1. The molecule has 0 saturated heterocycles. The molecule has 0 aromatic carbocycles. The van der Waals surface area contributed by atoms with E-state index >= 15 is 0 Å². The molecule has 0 spiro atoms. The minimum absolute atomic E-state index is 0.0777. The third-order valence-corrected chi connectivity index (χ3v) is 2.93. The molecular formula is C13H22N2O3. The second-order valence-corrected chi connectivity index (χ2v) is 4.42. The lowest BCUT2D eigenvalue weighted by atomic mass is 10.2. The van der Waals surface area contributed by atoms with Crippen LogP contribution in [0.5, 0.6) is 0 Å². The average Bonchev–Trinajstić information content (AvgIpc) is 3.16. The molecule has 1 atom stereocenters. The molecule has 1 fully saturated rings. The summed E-state index contributed by atoms with van der Waals surface area (Å²) in [5.41, 5.74) is 0. The fourth-order valence-electron chi connectivity index (χ4n) is 1.82. The highest BCUT2D eigenvalue weighted by Gasteiger charge is 2.36. The van der Waals surface area contributed by atoms with Gasteiger partial charge in [0.05, 0.1) is 19.2 Å². The van der Waals surface area contributed by atoms with Crippen LogP contribution in [0.15, 0.2) is 12.7 Å². The van der Waals surface area contributed by atoms with Gasteiger partial charge < -0.3 is 10.1 Å². The van der Waals surface area contributed by atoms with Gasteiger partial charge >= 0.3 is 5.97 Å². The zero-order valence-electron chi connectivity index (χ0n) is 11.1. The summed E-state index contributed by atoms with van der Waals surface area (Å²) in [4.78, 5) is 25.3. The maximum absolute atomic E-state index is 11.9. The smallest absolute Gasteiger partial charge is 0.320 e. The number of carbonyl (C=O) groups excluding carboxylic acids is 2. The summed E-state index contributed by atoms with van der Waals surface area (Å²) in [5.74, 6) is -0.348. The lowest BCUT2D eigenvalue weighted by Gasteiger charge is -2.27. The van der Waals surface area contributed by atoms with E-state index in [4.69, 9.17) is 4.74 Å². The summed E-state index contributed by atoms with van der Waals surface area (Å²) >= 11 is 0. The summed E-state index contributed by atoms with van der Waals surface area (Å²) in [5, 5.41) is 2.75. The largest absolute Gasteiger partial charge is 0.465 e. The first-order valence-electron chi connectivity index (χ1n) is 6.40. The molecule has 102 valence electrons. The summed E-state index contributed by atoms with van der Waals surface area (Å²) in [6.45, 7) is 8.14. The van der Waals surface area contributed by atoms with Crippen LogP contribution in [0, 0.1) is 0 Å². The van der Waals surface area contributed by atoms with Gasteiger partial charge in [-0.25, -0.2) is 0 Å². The third kappa shape index (κ3) is 4.49. The second-order valence-electron chi connectivity index (χ2n) is 4.42. The molecule has 1 saturated carbocycles. The van der Waals surface area contributed by atoms with Gasteiger partial charge in [0.1, 0.15) is 0 Å². The molecule has 0 aliphatic heterocycles. The predicted molar refractivity (Wildman–Crippen MR) is 69.0 cm³/mol. The molecule has 0 bridgehead atoms. The first-order chi connectivity index (χ1) is 8.60. The van der Waals surface area contributed by atoms with Crippen molar-refractivity contribution in [1.82, 2.24) is 10.2 Å². The van der Waals surface area contributed by atoms with Crippen molar-refractivity contribution in [1.29, 1.82) is 0 Å². The molecule has 0 aromatic heterocycles. The van der Waals surface area contributed by atoms with Crippen LogP contribution < -0.4 is 5.32 Å². The maximum Gasteiger partial charge on any atom is 0.320 e. The quantitative estimate of drug-likeness (QED) is 0.512. The van der Waals surface area contributed by atoms with E-state index in [1.54, 1.807) is 13.0 Å². The van der Waals surface area contributed by atoms with Gasteiger partial charge in [0, 0.05) is 12.6 Å². The van der Waals surface area contributed by atoms with Gasteiger partial charge in [0.15, 0.2) is 0 Å². The SMILES string of the molecule is C=CCNC(=O)C(C)N(CC(=O)OCC)C1CC1. The van der Waals surface area contributed by atoms with Crippen molar-refractivity contribution in [3.63, 3.8) is 0 Å². The van der Waals surface area contributed by atoms with E-state index in [2.05, 4.69) is 11.9 Å². The highest BCUT2D eigenvalue weighted by molar-refractivity contribution is 5.82. The van der Waals surface area contributed by atoms with Gasteiger partial charge in [0.25, 0.3) is 0 Å². The zero-order valence-corrected chi connectivity index (χ0v) is 11.1. The predicted octanol–water partition coefficient (Wildman–Crippen LogP) is 0.705. The molecule has 1 amide bonds. The monoisotopic (exact) mass is 254 g/mol. The van der Waals surface area contributed by atoms with Crippen LogP contribution in [0.2, 0.25) is 0 Å². The molecule has 1 unspecified atom stereocenters. The normalized spacial score (nSPS) is 16.2. The minimum atomic E-state index is -0.318. The van der Waals surface area contributed by atoms with Gasteiger partial charge in [-0.05, 0) is 26.7 Å². The van der Waals surface area contributed by atoms with E-state index in [0.29, 0.717) is 19.2 Å². The highest BCUT2D eigenvalue weighted by Crippen LogP contribution is 2.28. The topological polar surface area (TPSA) is 58.6 Å². The van der Waals surface area contributed by atoms with Crippen LogP contribution in [0.4, 0.5) is 0 Å². The summed E-state index contributed by atoms with van der Waals surface area (Å²) < 4.78 is 4.93. The fraction of sp³-hybridized carbons (Fsp3) is 0.692. The van der Waals surface area contributed by atoms with Crippen molar-refractivity contribution < 1.29 is 14.3 Å². The van der Waals surface area contributed by atoms with Gasteiger partial charge in [-0.3, -0.25) is 14.5 Å². The van der Waals surface area contributed by atoms with E-state index in [1.807, 2.05) is 11.8 Å². The summed E-state index contributed by atoms with van der Waals surface area (Å²) in [7, 11) is 0. The van der Waals surface area contributed by atoms with E-state index < -0.39 is 0 Å².